The summed E-state index contributed by atoms with van der Waals surface area (Å²) in [6.07, 6.45) is 1.50. The molecule has 34 heavy (non-hydrogen) atoms. The molecule has 4 rings (SSSR count). The smallest absolute Gasteiger partial charge is 0.410 e. The minimum Gasteiger partial charge on any atom is -0.410 e. The zero-order valence-corrected chi connectivity index (χ0v) is 20.6. The van der Waals surface area contributed by atoms with Crippen LogP contribution in [-0.2, 0) is 0 Å². The number of amides is 1. The number of piperazine rings is 1. The number of halogens is 2. The third kappa shape index (κ3) is 6.66. The van der Waals surface area contributed by atoms with Crippen LogP contribution in [-0.4, -0.2) is 50.3 Å². The molecule has 1 amide bonds. The van der Waals surface area contributed by atoms with E-state index in [1.165, 1.54) is 0 Å². The SMILES string of the molecule is O=C(NCCCCN1CCN(c2cccc(Cl)c2Cl)CC1)Oc1cccc(-c2ccccc2)c1. The maximum absolute atomic E-state index is 12.2. The topological polar surface area (TPSA) is 44.8 Å². The number of carbonyl (C=O) groups excluding carboxylic acids is 1. The number of nitrogens with one attached hydrogen (secondary N) is 1. The van der Waals surface area contributed by atoms with Crippen molar-refractivity contribution in [2.24, 2.45) is 0 Å². The number of hydrogen-bond acceptors (Lipinski definition) is 4. The fourth-order valence-electron chi connectivity index (χ4n) is 4.11. The Bertz CT molecular complexity index is 1090. The maximum atomic E-state index is 12.2. The van der Waals surface area contributed by atoms with E-state index >= 15 is 0 Å². The molecule has 5 nitrogen and oxygen atoms in total. The number of carbonyl (C=O) groups is 1. The highest BCUT2D eigenvalue weighted by molar-refractivity contribution is 6.43. The molecule has 0 aromatic heterocycles. The summed E-state index contributed by atoms with van der Waals surface area (Å²) in [5.41, 5.74) is 3.11. The monoisotopic (exact) mass is 497 g/mol. The first-order valence-corrected chi connectivity index (χ1v) is 12.4. The number of rotatable bonds is 8. The van der Waals surface area contributed by atoms with Gasteiger partial charge in [0, 0.05) is 32.7 Å². The number of unbranched alkanes of at least 4 members (excludes halogenated alkanes) is 1. The van der Waals surface area contributed by atoms with Crippen LogP contribution in [0.25, 0.3) is 11.1 Å². The average Bonchev–Trinajstić information content (AvgIpc) is 2.87. The fraction of sp³-hybridized carbons (Fsp3) is 0.296. The summed E-state index contributed by atoms with van der Waals surface area (Å²) in [6.45, 7) is 5.41. The minimum absolute atomic E-state index is 0.419. The molecular formula is C27H29Cl2N3O2. The number of anilines is 1. The van der Waals surface area contributed by atoms with E-state index in [2.05, 4.69) is 15.1 Å². The van der Waals surface area contributed by atoms with E-state index in [4.69, 9.17) is 27.9 Å². The first-order valence-electron chi connectivity index (χ1n) is 11.6. The maximum Gasteiger partial charge on any atom is 0.412 e. The van der Waals surface area contributed by atoms with Gasteiger partial charge in [-0.05, 0) is 54.8 Å². The van der Waals surface area contributed by atoms with Gasteiger partial charge in [0.2, 0.25) is 0 Å². The molecule has 0 saturated carbocycles. The predicted molar refractivity (Wildman–Crippen MR) is 140 cm³/mol. The third-order valence-electron chi connectivity index (χ3n) is 5.97. The van der Waals surface area contributed by atoms with E-state index < -0.39 is 6.09 Å². The van der Waals surface area contributed by atoms with Crippen molar-refractivity contribution in [1.82, 2.24) is 10.2 Å². The van der Waals surface area contributed by atoms with Crippen molar-refractivity contribution in [1.29, 1.82) is 0 Å². The molecule has 7 heteroatoms. The number of benzene rings is 3. The minimum atomic E-state index is -0.419. The molecule has 0 radical (unpaired) electrons. The van der Waals surface area contributed by atoms with Crippen molar-refractivity contribution in [3.8, 4) is 16.9 Å². The fourth-order valence-corrected chi connectivity index (χ4v) is 4.53. The summed E-state index contributed by atoms with van der Waals surface area (Å²) in [5.74, 6) is 0.538. The summed E-state index contributed by atoms with van der Waals surface area (Å²) in [7, 11) is 0. The van der Waals surface area contributed by atoms with E-state index in [-0.39, 0.29) is 0 Å². The van der Waals surface area contributed by atoms with Gasteiger partial charge in [0.1, 0.15) is 5.75 Å². The highest BCUT2D eigenvalue weighted by Gasteiger charge is 2.19. The second-order valence-electron chi connectivity index (χ2n) is 8.32. The molecule has 1 aliphatic rings. The third-order valence-corrected chi connectivity index (χ3v) is 6.78. The second-order valence-corrected chi connectivity index (χ2v) is 9.10. The molecule has 1 heterocycles. The van der Waals surface area contributed by atoms with E-state index in [1.807, 2.05) is 66.7 Å². The zero-order valence-electron chi connectivity index (χ0n) is 19.1. The summed E-state index contributed by atoms with van der Waals surface area (Å²) >= 11 is 12.5. The molecule has 1 saturated heterocycles. The van der Waals surface area contributed by atoms with Gasteiger partial charge >= 0.3 is 6.09 Å². The van der Waals surface area contributed by atoms with Crippen molar-refractivity contribution >= 4 is 35.0 Å². The van der Waals surface area contributed by atoms with E-state index in [0.717, 1.165) is 62.4 Å². The van der Waals surface area contributed by atoms with Crippen LogP contribution >= 0.6 is 23.2 Å². The first kappa shape index (κ1) is 24.4. The van der Waals surface area contributed by atoms with Gasteiger partial charge in [0.15, 0.2) is 0 Å². The molecule has 1 aliphatic heterocycles. The van der Waals surface area contributed by atoms with Crippen molar-refractivity contribution in [3.05, 3.63) is 82.8 Å². The normalized spacial score (nSPS) is 14.1. The molecule has 0 spiro atoms. The quantitative estimate of drug-likeness (QED) is 0.368. The molecule has 0 atom stereocenters. The second kappa shape index (κ2) is 12.1. The van der Waals surface area contributed by atoms with Gasteiger partial charge in [-0.25, -0.2) is 4.79 Å². The first-order chi connectivity index (χ1) is 16.6. The Morgan fingerprint density at radius 1 is 0.853 bits per heavy atom. The summed E-state index contributed by atoms with van der Waals surface area (Å²) in [6, 6.07) is 23.4. The van der Waals surface area contributed by atoms with Crippen LogP contribution in [0.2, 0.25) is 10.0 Å². The molecule has 0 bridgehead atoms. The molecule has 1 N–H and O–H groups in total. The summed E-state index contributed by atoms with van der Waals surface area (Å²) in [5, 5.41) is 4.07. The Morgan fingerprint density at radius 2 is 1.59 bits per heavy atom. The molecule has 178 valence electrons. The van der Waals surface area contributed by atoms with Gasteiger partial charge < -0.3 is 15.0 Å². The van der Waals surface area contributed by atoms with Gasteiger partial charge in [-0.3, -0.25) is 4.90 Å². The average molecular weight is 498 g/mol. The Balaban J connectivity index is 1.13. The highest BCUT2D eigenvalue weighted by Crippen LogP contribution is 2.32. The predicted octanol–water partition coefficient (Wildman–Crippen LogP) is 6.35. The lowest BCUT2D eigenvalue weighted by Crippen LogP contribution is -2.46. The van der Waals surface area contributed by atoms with Gasteiger partial charge in [-0.2, -0.15) is 0 Å². The van der Waals surface area contributed by atoms with Crippen LogP contribution in [0.5, 0.6) is 5.75 Å². The summed E-state index contributed by atoms with van der Waals surface area (Å²) < 4.78 is 5.46. The molecule has 1 fully saturated rings. The van der Waals surface area contributed by atoms with Crippen LogP contribution in [0.1, 0.15) is 12.8 Å². The molecule has 0 aliphatic carbocycles. The Hall–Kier alpha value is -2.73. The molecule has 0 unspecified atom stereocenters. The Morgan fingerprint density at radius 3 is 2.38 bits per heavy atom. The van der Waals surface area contributed by atoms with Crippen molar-refractivity contribution in [2.75, 3.05) is 44.2 Å². The zero-order chi connectivity index (χ0) is 23.8. The number of hydrogen-bond donors (Lipinski definition) is 1. The molecule has 3 aromatic rings. The van der Waals surface area contributed by atoms with E-state index in [1.54, 1.807) is 6.07 Å². The lowest BCUT2D eigenvalue weighted by Gasteiger charge is -2.36. The lowest BCUT2D eigenvalue weighted by molar-refractivity contribution is 0.199. The van der Waals surface area contributed by atoms with Crippen LogP contribution in [0.3, 0.4) is 0 Å². The van der Waals surface area contributed by atoms with E-state index in [9.17, 15) is 4.79 Å². The van der Waals surface area contributed by atoms with Gasteiger partial charge in [-0.15, -0.1) is 0 Å². The molecular weight excluding hydrogens is 469 g/mol. The number of nitrogens with zero attached hydrogens (tertiary/aromatic N) is 2. The van der Waals surface area contributed by atoms with Gasteiger partial charge in [0.25, 0.3) is 0 Å². The van der Waals surface area contributed by atoms with Crippen LogP contribution in [0, 0.1) is 0 Å². The summed E-state index contributed by atoms with van der Waals surface area (Å²) in [4.78, 5) is 16.9. The Labute approximate surface area is 211 Å². The van der Waals surface area contributed by atoms with Crippen LogP contribution in [0.4, 0.5) is 10.5 Å². The lowest BCUT2D eigenvalue weighted by atomic mass is 10.1. The van der Waals surface area contributed by atoms with Gasteiger partial charge in [0.05, 0.1) is 15.7 Å². The van der Waals surface area contributed by atoms with Crippen LogP contribution < -0.4 is 15.0 Å². The van der Waals surface area contributed by atoms with Gasteiger partial charge in [-0.1, -0.05) is 71.7 Å². The van der Waals surface area contributed by atoms with Crippen molar-refractivity contribution in [2.45, 2.75) is 12.8 Å². The molecule has 3 aromatic carbocycles. The van der Waals surface area contributed by atoms with E-state index in [0.29, 0.717) is 22.3 Å². The Kier molecular flexibility index (Phi) is 8.69. The van der Waals surface area contributed by atoms with Crippen molar-refractivity contribution < 1.29 is 9.53 Å². The highest BCUT2D eigenvalue weighted by atomic mass is 35.5. The largest absolute Gasteiger partial charge is 0.412 e. The van der Waals surface area contributed by atoms with Crippen molar-refractivity contribution in [3.63, 3.8) is 0 Å². The van der Waals surface area contributed by atoms with Crippen LogP contribution in [0.15, 0.2) is 72.8 Å². The number of ether oxygens (including phenoxy) is 1. The standard InChI is InChI=1S/C27H29Cl2N3O2/c28-24-12-7-13-25(26(24)29)32-18-16-31(17-19-32)15-5-4-14-30-27(33)34-23-11-6-10-22(20-23)21-8-2-1-3-9-21/h1-3,6-13,20H,4-5,14-19H2,(H,30,33).